The van der Waals surface area contributed by atoms with Crippen LogP contribution in [0.5, 0.6) is 17.2 Å². The van der Waals surface area contributed by atoms with Crippen LogP contribution >= 0.6 is 0 Å². The fourth-order valence-electron chi connectivity index (χ4n) is 3.98. The van der Waals surface area contributed by atoms with Gasteiger partial charge in [0.05, 0.1) is 19.8 Å². The highest BCUT2D eigenvalue weighted by Crippen LogP contribution is 2.39. The second-order valence-electron chi connectivity index (χ2n) is 7.62. The van der Waals surface area contributed by atoms with E-state index in [1.807, 2.05) is 38.1 Å². The van der Waals surface area contributed by atoms with Crippen molar-refractivity contribution in [2.45, 2.75) is 40.7 Å². The Kier molecular flexibility index (Phi) is 8.79. The van der Waals surface area contributed by atoms with Gasteiger partial charge in [0.15, 0.2) is 11.5 Å². The van der Waals surface area contributed by atoms with Gasteiger partial charge in [-0.05, 0) is 32.9 Å². The van der Waals surface area contributed by atoms with E-state index >= 15 is 0 Å². The minimum atomic E-state index is -0.00233. The number of rotatable bonds is 11. The maximum Gasteiger partial charge on any atom is 0.254 e. The molecule has 0 unspecified atom stereocenters. The zero-order chi connectivity index (χ0) is 22.9. The highest BCUT2D eigenvalue weighted by molar-refractivity contribution is 5.95. The summed E-state index contributed by atoms with van der Waals surface area (Å²) in [6.45, 7) is 14.3. The van der Waals surface area contributed by atoms with Crippen LogP contribution in [0.1, 0.15) is 43.9 Å². The topological polar surface area (TPSA) is 69.1 Å². The van der Waals surface area contributed by atoms with Gasteiger partial charge in [-0.3, -0.25) is 9.69 Å². The Bertz CT molecular complexity index is 848. The van der Waals surface area contributed by atoms with Crippen LogP contribution in [0, 0.1) is 0 Å². The molecule has 0 radical (unpaired) electrons. The Balaban J connectivity index is 1.64. The molecule has 1 saturated heterocycles. The zero-order valence-corrected chi connectivity index (χ0v) is 19.8. The number of hydrogen-bond acceptors (Lipinski definition) is 6. The molecule has 1 aliphatic rings. The molecule has 2 aromatic rings. The van der Waals surface area contributed by atoms with Crippen molar-refractivity contribution < 1.29 is 19.0 Å². The van der Waals surface area contributed by atoms with Crippen molar-refractivity contribution in [1.82, 2.24) is 19.4 Å². The van der Waals surface area contributed by atoms with E-state index in [0.717, 1.165) is 38.4 Å². The first-order valence-corrected chi connectivity index (χ1v) is 11.7. The van der Waals surface area contributed by atoms with Crippen molar-refractivity contribution >= 4 is 5.91 Å². The Morgan fingerprint density at radius 3 is 2.09 bits per heavy atom. The van der Waals surface area contributed by atoms with Gasteiger partial charge < -0.3 is 23.7 Å². The summed E-state index contributed by atoms with van der Waals surface area (Å²) in [6.07, 6.45) is 4.83. The molecular weight excluding hydrogens is 408 g/mol. The Morgan fingerprint density at radius 2 is 1.53 bits per heavy atom. The molecule has 8 nitrogen and oxygen atoms in total. The van der Waals surface area contributed by atoms with Gasteiger partial charge >= 0.3 is 0 Å². The average molecular weight is 445 g/mol. The van der Waals surface area contributed by atoms with E-state index in [1.54, 1.807) is 12.1 Å². The molecule has 1 aromatic carbocycles. The van der Waals surface area contributed by atoms with Crippen molar-refractivity contribution in [3.8, 4) is 17.2 Å². The van der Waals surface area contributed by atoms with Crippen molar-refractivity contribution in [3.05, 3.63) is 35.9 Å². The van der Waals surface area contributed by atoms with Crippen LogP contribution in [0.25, 0.3) is 0 Å². The van der Waals surface area contributed by atoms with Crippen LogP contribution in [0.3, 0.4) is 0 Å². The third-order valence-electron chi connectivity index (χ3n) is 5.59. The van der Waals surface area contributed by atoms with Gasteiger partial charge in [0, 0.05) is 63.6 Å². The lowest BCUT2D eigenvalue weighted by Gasteiger charge is -2.35. The molecule has 176 valence electrons. The van der Waals surface area contributed by atoms with E-state index in [-0.39, 0.29) is 5.91 Å². The van der Waals surface area contributed by atoms with Crippen molar-refractivity contribution in [1.29, 1.82) is 0 Å². The van der Waals surface area contributed by atoms with E-state index in [9.17, 15) is 4.79 Å². The largest absolute Gasteiger partial charge is 0.490 e. The van der Waals surface area contributed by atoms with Crippen LogP contribution in [0.4, 0.5) is 0 Å². The predicted octanol–water partition coefficient (Wildman–Crippen LogP) is 3.10. The molecule has 8 heteroatoms. The first-order chi connectivity index (χ1) is 15.6. The monoisotopic (exact) mass is 444 g/mol. The lowest BCUT2D eigenvalue weighted by molar-refractivity contribution is 0.0632. The zero-order valence-electron chi connectivity index (χ0n) is 19.8. The van der Waals surface area contributed by atoms with E-state index in [4.69, 9.17) is 14.2 Å². The van der Waals surface area contributed by atoms with E-state index < -0.39 is 0 Å². The minimum Gasteiger partial charge on any atom is -0.490 e. The highest BCUT2D eigenvalue weighted by atomic mass is 16.5. The molecular formula is C24H36N4O4. The molecule has 0 aliphatic carbocycles. The first-order valence-electron chi connectivity index (χ1n) is 11.7. The van der Waals surface area contributed by atoms with E-state index in [0.29, 0.717) is 55.7 Å². The van der Waals surface area contributed by atoms with Gasteiger partial charge in [0.2, 0.25) is 5.75 Å². The lowest BCUT2D eigenvalue weighted by Crippen LogP contribution is -2.49. The normalized spacial score (nSPS) is 14.4. The summed E-state index contributed by atoms with van der Waals surface area (Å²) in [5, 5.41) is 0. The van der Waals surface area contributed by atoms with Gasteiger partial charge in [-0.2, -0.15) is 0 Å². The summed E-state index contributed by atoms with van der Waals surface area (Å²) in [4.78, 5) is 22.0. The third-order valence-corrected chi connectivity index (χ3v) is 5.59. The molecule has 0 spiro atoms. The molecule has 1 amide bonds. The van der Waals surface area contributed by atoms with Gasteiger partial charge in [0.1, 0.15) is 5.82 Å². The van der Waals surface area contributed by atoms with Gasteiger partial charge in [-0.15, -0.1) is 0 Å². The quantitative estimate of drug-likeness (QED) is 0.531. The number of nitrogens with zero attached hydrogens (tertiary/aromatic N) is 4. The van der Waals surface area contributed by atoms with Crippen LogP contribution < -0.4 is 14.2 Å². The van der Waals surface area contributed by atoms with Gasteiger partial charge in [-0.1, -0.05) is 6.92 Å². The van der Waals surface area contributed by atoms with E-state index in [2.05, 4.69) is 21.4 Å². The van der Waals surface area contributed by atoms with Crippen LogP contribution in [-0.2, 0) is 13.0 Å². The van der Waals surface area contributed by atoms with E-state index in [1.165, 1.54) is 0 Å². The maximum absolute atomic E-state index is 13.3. The number of ether oxygens (including phenoxy) is 3. The predicted molar refractivity (Wildman–Crippen MR) is 124 cm³/mol. The fourth-order valence-corrected chi connectivity index (χ4v) is 3.98. The Morgan fingerprint density at radius 1 is 0.906 bits per heavy atom. The third kappa shape index (κ3) is 5.73. The molecule has 0 N–H and O–H groups in total. The number of imidazole rings is 1. The molecule has 1 aliphatic heterocycles. The van der Waals surface area contributed by atoms with Crippen LogP contribution in [0.2, 0.25) is 0 Å². The SMILES string of the molecule is CCOc1cc(C(=O)N2CCN(CCn3ccnc3CC)CC2)cc(OCC)c1OCC. The standard InChI is InChI=1S/C24H36N4O4/c1-5-22-25-9-10-27(22)14-11-26-12-15-28(16-13-26)24(29)19-17-20(30-6-2)23(32-8-4)21(18-19)31-7-3/h9-10,17-18H,5-8,11-16H2,1-4H3. The molecule has 2 heterocycles. The molecule has 0 atom stereocenters. The first kappa shape index (κ1) is 23.9. The molecule has 1 aromatic heterocycles. The molecule has 3 rings (SSSR count). The number of amides is 1. The second-order valence-corrected chi connectivity index (χ2v) is 7.62. The number of carbonyl (C=O) groups excluding carboxylic acids is 1. The summed E-state index contributed by atoms with van der Waals surface area (Å²) in [5.74, 6) is 2.77. The summed E-state index contributed by atoms with van der Waals surface area (Å²) < 4.78 is 19.5. The van der Waals surface area contributed by atoms with Gasteiger partial charge in [-0.25, -0.2) is 4.98 Å². The Labute approximate surface area is 191 Å². The summed E-state index contributed by atoms with van der Waals surface area (Å²) in [6, 6.07) is 3.55. The van der Waals surface area contributed by atoms with Crippen molar-refractivity contribution in [2.75, 3.05) is 52.5 Å². The van der Waals surface area contributed by atoms with Crippen molar-refractivity contribution in [3.63, 3.8) is 0 Å². The molecule has 1 fully saturated rings. The Hall–Kier alpha value is -2.74. The molecule has 0 bridgehead atoms. The van der Waals surface area contributed by atoms with Crippen molar-refractivity contribution in [2.24, 2.45) is 0 Å². The lowest BCUT2D eigenvalue weighted by atomic mass is 10.1. The highest BCUT2D eigenvalue weighted by Gasteiger charge is 2.25. The maximum atomic E-state index is 13.3. The number of aromatic nitrogens is 2. The number of benzene rings is 1. The fraction of sp³-hybridized carbons (Fsp3) is 0.583. The smallest absolute Gasteiger partial charge is 0.254 e. The summed E-state index contributed by atoms with van der Waals surface area (Å²) in [7, 11) is 0. The summed E-state index contributed by atoms with van der Waals surface area (Å²) in [5.41, 5.74) is 0.569. The number of aryl methyl sites for hydroxylation is 1. The average Bonchev–Trinajstić information content (AvgIpc) is 3.27. The van der Waals surface area contributed by atoms with Crippen LogP contribution in [-0.4, -0.2) is 77.8 Å². The number of hydrogen-bond donors (Lipinski definition) is 0. The summed E-state index contributed by atoms with van der Waals surface area (Å²) >= 11 is 0. The molecule has 32 heavy (non-hydrogen) atoms. The second kappa shape index (κ2) is 11.8. The minimum absolute atomic E-state index is 0.00233. The molecule has 0 saturated carbocycles. The van der Waals surface area contributed by atoms with Gasteiger partial charge in [0.25, 0.3) is 5.91 Å². The van der Waals surface area contributed by atoms with Crippen LogP contribution in [0.15, 0.2) is 24.5 Å². The number of piperazine rings is 1. The number of carbonyl (C=O) groups is 1.